The maximum Gasteiger partial charge on any atom is 0.343 e. The number of thiazole rings is 1. The topological polar surface area (TPSA) is 78.5 Å². The number of aryl methyl sites for hydroxylation is 1. The number of benzene rings is 1. The molecule has 0 bridgehead atoms. The Kier molecular flexibility index (Phi) is 5.14. The van der Waals surface area contributed by atoms with Crippen LogP contribution in [0.5, 0.6) is 0 Å². The van der Waals surface area contributed by atoms with Gasteiger partial charge in [0.05, 0.1) is 21.6 Å². The minimum Gasteiger partial charge on any atom is -0.455 e. The Morgan fingerprint density at radius 3 is 2.83 bits per heavy atom. The molecular weight excluding hydrogens is 412 g/mol. The molecule has 7 nitrogen and oxygen atoms in total. The van der Waals surface area contributed by atoms with Crippen molar-refractivity contribution in [2.45, 2.75) is 33.9 Å². The van der Waals surface area contributed by atoms with Gasteiger partial charge >= 0.3 is 5.97 Å². The van der Waals surface area contributed by atoms with Crippen molar-refractivity contribution in [3.63, 3.8) is 0 Å². The van der Waals surface area contributed by atoms with Crippen molar-refractivity contribution < 1.29 is 9.53 Å². The third kappa shape index (κ3) is 3.65. The van der Waals surface area contributed by atoms with Gasteiger partial charge in [-0.1, -0.05) is 48.9 Å². The van der Waals surface area contributed by atoms with E-state index in [1.165, 1.54) is 17.4 Å². The molecule has 4 rings (SSSR count). The Morgan fingerprint density at radius 1 is 1.31 bits per heavy atom. The number of carbonyl (C=O) groups is 1. The van der Waals surface area contributed by atoms with E-state index in [-0.39, 0.29) is 22.9 Å². The number of para-hydroxylation sites is 1. The molecule has 3 heterocycles. The molecule has 0 aliphatic heterocycles. The second-order valence-electron chi connectivity index (χ2n) is 7.18. The van der Waals surface area contributed by atoms with Crippen LogP contribution in [0.3, 0.4) is 0 Å². The van der Waals surface area contributed by atoms with E-state index >= 15 is 0 Å². The molecule has 0 aliphatic rings. The largest absolute Gasteiger partial charge is 0.455 e. The molecule has 0 atom stereocenters. The molecule has 0 unspecified atom stereocenters. The number of nitrogens with zero attached hydrogens (tertiary/aromatic N) is 4. The van der Waals surface area contributed by atoms with Crippen molar-refractivity contribution >= 4 is 44.1 Å². The Labute approximate surface area is 175 Å². The minimum atomic E-state index is -0.583. The van der Waals surface area contributed by atoms with E-state index in [9.17, 15) is 9.59 Å². The summed E-state index contributed by atoms with van der Waals surface area (Å²) < 4.78 is 9.51. The average molecular weight is 431 g/mol. The fourth-order valence-electron chi connectivity index (χ4n) is 3.16. The van der Waals surface area contributed by atoms with E-state index in [4.69, 9.17) is 16.3 Å². The fourth-order valence-corrected chi connectivity index (χ4v) is 4.53. The van der Waals surface area contributed by atoms with Crippen LogP contribution in [0.1, 0.15) is 35.6 Å². The van der Waals surface area contributed by atoms with Gasteiger partial charge in [-0.25, -0.2) is 9.78 Å². The second kappa shape index (κ2) is 7.61. The number of ether oxygens (including phenoxy) is 1. The van der Waals surface area contributed by atoms with Gasteiger partial charge < -0.3 is 4.74 Å². The second-order valence-corrected chi connectivity index (χ2v) is 8.54. The maximum atomic E-state index is 12.6. The summed E-state index contributed by atoms with van der Waals surface area (Å²) in [6.45, 7) is 6.28. The number of hydrogen-bond acceptors (Lipinski definition) is 6. The molecule has 0 aliphatic carbocycles. The molecule has 4 aromatic rings. The van der Waals surface area contributed by atoms with Crippen molar-refractivity contribution in [1.82, 2.24) is 19.2 Å². The summed E-state index contributed by atoms with van der Waals surface area (Å²) in [6.07, 6.45) is 0. The Balaban J connectivity index is 1.59. The van der Waals surface area contributed by atoms with Gasteiger partial charge in [-0.2, -0.15) is 5.10 Å². The van der Waals surface area contributed by atoms with Crippen molar-refractivity contribution in [3.05, 3.63) is 62.8 Å². The number of halogens is 1. The lowest BCUT2D eigenvalue weighted by atomic mass is 10.2. The molecular formula is C20H19ClN4O3S. The van der Waals surface area contributed by atoms with Crippen LogP contribution in [0.2, 0.25) is 5.15 Å². The molecule has 150 valence electrons. The summed E-state index contributed by atoms with van der Waals surface area (Å²) in [5, 5.41) is 4.58. The molecule has 0 radical (unpaired) electrons. The van der Waals surface area contributed by atoms with Gasteiger partial charge in [-0.3, -0.25) is 13.9 Å². The molecule has 0 spiro atoms. The van der Waals surface area contributed by atoms with Crippen LogP contribution in [-0.4, -0.2) is 25.1 Å². The van der Waals surface area contributed by atoms with Crippen molar-refractivity contribution in [1.29, 1.82) is 0 Å². The first-order chi connectivity index (χ1) is 13.8. The Hall–Kier alpha value is -2.71. The number of esters is 1. The van der Waals surface area contributed by atoms with Gasteiger partial charge in [-0.05, 0) is 25.0 Å². The highest BCUT2D eigenvalue weighted by Crippen LogP contribution is 2.24. The molecule has 0 saturated heterocycles. The zero-order valence-electron chi connectivity index (χ0n) is 16.2. The van der Waals surface area contributed by atoms with Crippen LogP contribution in [0.25, 0.3) is 15.2 Å². The number of hydrogen-bond donors (Lipinski definition) is 0. The van der Waals surface area contributed by atoms with Crippen LogP contribution in [0.15, 0.2) is 35.1 Å². The third-order valence-electron chi connectivity index (χ3n) is 4.41. The molecule has 1 aromatic carbocycles. The molecule has 9 heteroatoms. The van der Waals surface area contributed by atoms with Gasteiger partial charge in [0, 0.05) is 12.6 Å². The summed E-state index contributed by atoms with van der Waals surface area (Å²) in [4.78, 5) is 30.2. The van der Waals surface area contributed by atoms with Crippen LogP contribution < -0.4 is 5.56 Å². The fraction of sp³-hybridized carbons (Fsp3) is 0.300. The summed E-state index contributed by atoms with van der Waals surface area (Å²) >= 11 is 7.74. The Morgan fingerprint density at radius 2 is 2.07 bits per heavy atom. The zero-order valence-corrected chi connectivity index (χ0v) is 17.8. The summed E-state index contributed by atoms with van der Waals surface area (Å²) in [5.74, 6) is -0.248. The van der Waals surface area contributed by atoms with Gasteiger partial charge in [0.2, 0.25) is 0 Å². The van der Waals surface area contributed by atoms with Crippen LogP contribution >= 0.6 is 22.9 Å². The highest BCUT2D eigenvalue weighted by molar-refractivity contribution is 7.23. The predicted molar refractivity (Wildman–Crippen MR) is 113 cm³/mol. The lowest BCUT2D eigenvalue weighted by molar-refractivity contribution is 0.0467. The summed E-state index contributed by atoms with van der Waals surface area (Å²) in [5.41, 5.74) is 1.74. The average Bonchev–Trinajstić information content (AvgIpc) is 3.16. The number of fused-ring (bicyclic) bond motifs is 3. The van der Waals surface area contributed by atoms with E-state index in [0.29, 0.717) is 28.8 Å². The lowest BCUT2D eigenvalue weighted by Crippen LogP contribution is -2.15. The van der Waals surface area contributed by atoms with E-state index in [1.807, 2.05) is 38.1 Å². The van der Waals surface area contributed by atoms with E-state index in [2.05, 4.69) is 10.1 Å². The van der Waals surface area contributed by atoms with Crippen LogP contribution in [0.4, 0.5) is 0 Å². The summed E-state index contributed by atoms with van der Waals surface area (Å²) in [7, 11) is 0. The third-order valence-corrected chi connectivity index (χ3v) is 5.81. The monoisotopic (exact) mass is 430 g/mol. The predicted octanol–water partition coefficient (Wildman–Crippen LogP) is 4.08. The highest BCUT2D eigenvalue weighted by atomic mass is 35.5. The lowest BCUT2D eigenvalue weighted by Gasteiger charge is -2.07. The van der Waals surface area contributed by atoms with Gasteiger partial charge in [0.15, 0.2) is 4.96 Å². The number of carbonyl (C=O) groups excluding carboxylic acids is 1. The van der Waals surface area contributed by atoms with Crippen LogP contribution in [0, 0.1) is 12.8 Å². The SMILES string of the molecule is Cc1nn(CC(C)C)c(Cl)c1C(=O)OCc1cc(=O)n2c(n1)sc1ccccc12. The van der Waals surface area contributed by atoms with E-state index in [0.717, 1.165) is 10.2 Å². The first-order valence-corrected chi connectivity index (χ1v) is 10.3. The van der Waals surface area contributed by atoms with Gasteiger partial charge in [0.25, 0.3) is 5.56 Å². The molecule has 0 saturated carbocycles. The zero-order chi connectivity index (χ0) is 20.7. The normalized spacial score (nSPS) is 11.6. The Bertz CT molecular complexity index is 1290. The number of rotatable bonds is 5. The molecule has 3 aromatic heterocycles. The maximum absolute atomic E-state index is 12.6. The smallest absolute Gasteiger partial charge is 0.343 e. The van der Waals surface area contributed by atoms with Crippen molar-refractivity contribution in [3.8, 4) is 0 Å². The number of aromatic nitrogens is 4. The van der Waals surface area contributed by atoms with Crippen LogP contribution in [-0.2, 0) is 17.9 Å². The van der Waals surface area contributed by atoms with E-state index in [1.54, 1.807) is 16.0 Å². The first-order valence-electron chi connectivity index (χ1n) is 9.15. The molecule has 0 fully saturated rings. The highest BCUT2D eigenvalue weighted by Gasteiger charge is 2.22. The van der Waals surface area contributed by atoms with Gasteiger partial charge in [0.1, 0.15) is 17.3 Å². The quantitative estimate of drug-likeness (QED) is 0.446. The molecule has 0 N–H and O–H groups in total. The molecule has 0 amide bonds. The minimum absolute atomic E-state index is 0.121. The first kappa shape index (κ1) is 19.6. The van der Waals surface area contributed by atoms with Crippen molar-refractivity contribution in [2.24, 2.45) is 5.92 Å². The summed E-state index contributed by atoms with van der Waals surface area (Å²) in [6, 6.07) is 8.99. The molecule has 29 heavy (non-hydrogen) atoms. The standard InChI is InChI=1S/C20H19ClN4O3S/c1-11(2)9-24-18(21)17(12(3)23-24)19(27)28-10-13-8-16(26)25-14-6-4-5-7-15(14)29-20(25)22-13/h4-8,11H,9-10H2,1-3H3. The van der Waals surface area contributed by atoms with E-state index < -0.39 is 5.97 Å². The van der Waals surface area contributed by atoms with Gasteiger partial charge in [-0.15, -0.1) is 0 Å². The van der Waals surface area contributed by atoms with Crippen molar-refractivity contribution in [2.75, 3.05) is 0 Å².